The van der Waals surface area contributed by atoms with Crippen molar-refractivity contribution in [3.8, 4) is 0 Å². The molecule has 0 rings (SSSR count). The predicted molar refractivity (Wildman–Crippen MR) is 84.0 cm³/mol. The number of carboxylic acids is 1. The number of ketones is 1. The molecule has 0 spiro atoms. The lowest BCUT2D eigenvalue weighted by Crippen LogP contribution is -2.28. The number of aliphatic carboxylic acids is 1. The minimum absolute atomic E-state index is 0.170. The Kier molecular flexibility index (Phi) is 7.89. The van der Waals surface area contributed by atoms with E-state index in [1.807, 2.05) is 19.1 Å². The summed E-state index contributed by atoms with van der Waals surface area (Å²) < 4.78 is 0. The molecule has 0 saturated heterocycles. The summed E-state index contributed by atoms with van der Waals surface area (Å²) in [6.45, 7) is 8.51. The second-order valence-corrected chi connectivity index (χ2v) is 5.76. The van der Waals surface area contributed by atoms with Crippen LogP contribution in [0.1, 0.15) is 47.5 Å². The zero-order valence-corrected chi connectivity index (χ0v) is 13.5. The summed E-state index contributed by atoms with van der Waals surface area (Å²) in [5, 5.41) is 18.7. The number of hydrogen-bond donors (Lipinski definition) is 2. The Bertz CT molecular complexity index is 465. The minimum atomic E-state index is -1.25. The van der Waals surface area contributed by atoms with Crippen LogP contribution in [0.5, 0.6) is 0 Å². The Morgan fingerprint density at radius 1 is 1.24 bits per heavy atom. The first-order valence-corrected chi connectivity index (χ1v) is 7.13. The van der Waals surface area contributed by atoms with E-state index in [2.05, 4.69) is 0 Å². The summed E-state index contributed by atoms with van der Waals surface area (Å²) in [4.78, 5) is 23.9. The Morgan fingerprint density at radius 2 is 1.81 bits per heavy atom. The van der Waals surface area contributed by atoms with E-state index in [1.165, 1.54) is 0 Å². The zero-order chi connectivity index (χ0) is 16.6. The largest absolute Gasteiger partial charge is 0.478 e. The first-order chi connectivity index (χ1) is 9.63. The van der Waals surface area contributed by atoms with Crippen molar-refractivity contribution in [2.24, 2.45) is 5.41 Å². The average molecular weight is 294 g/mol. The fourth-order valence-corrected chi connectivity index (χ4v) is 1.93. The average Bonchev–Trinajstić information content (AvgIpc) is 2.33. The third kappa shape index (κ3) is 6.54. The number of hydrogen-bond acceptors (Lipinski definition) is 3. The van der Waals surface area contributed by atoms with E-state index in [-0.39, 0.29) is 12.0 Å². The first-order valence-electron chi connectivity index (χ1n) is 7.13. The maximum absolute atomic E-state index is 12.5. The lowest BCUT2D eigenvalue weighted by Gasteiger charge is -2.20. The van der Waals surface area contributed by atoms with E-state index in [9.17, 15) is 19.8 Å². The van der Waals surface area contributed by atoms with Crippen LogP contribution in [-0.4, -0.2) is 28.1 Å². The highest BCUT2D eigenvalue weighted by Crippen LogP contribution is 2.26. The van der Waals surface area contributed by atoms with Gasteiger partial charge in [-0.3, -0.25) is 4.79 Å². The molecule has 0 aliphatic carbocycles. The minimum Gasteiger partial charge on any atom is -0.478 e. The topological polar surface area (TPSA) is 74.6 Å². The number of aliphatic hydroxyl groups is 1. The summed E-state index contributed by atoms with van der Waals surface area (Å²) in [7, 11) is 0. The summed E-state index contributed by atoms with van der Waals surface area (Å²) in [5.74, 6) is -1.70. The Labute approximate surface area is 126 Å². The van der Waals surface area contributed by atoms with Crippen LogP contribution in [0.25, 0.3) is 0 Å². The molecule has 21 heavy (non-hydrogen) atoms. The van der Waals surface area contributed by atoms with Crippen molar-refractivity contribution >= 4 is 11.8 Å². The molecule has 0 saturated carbocycles. The highest BCUT2D eigenvalue weighted by Gasteiger charge is 2.32. The van der Waals surface area contributed by atoms with E-state index in [0.29, 0.717) is 5.57 Å². The van der Waals surface area contributed by atoms with E-state index >= 15 is 0 Å². The molecule has 0 bridgehead atoms. The molecule has 0 aromatic carbocycles. The Balaban J connectivity index is 5.44. The highest BCUT2D eigenvalue weighted by molar-refractivity contribution is 6.19. The van der Waals surface area contributed by atoms with Crippen LogP contribution in [0.3, 0.4) is 0 Å². The van der Waals surface area contributed by atoms with Gasteiger partial charge >= 0.3 is 5.97 Å². The van der Waals surface area contributed by atoms with E-state index in [0.717, 1.165) is 6.42 Å². The first kappa shape index (κ1) is 19.3. The molecule has 0 amide bonds. The maximum atomic E-state index is 12.5. The number of rotatable bonds is 8. The van der Waals surface area contributed by atoms with Gasteiger partial charge in [-0.25, -0.2) is 4.79 Å². The van der Waals surface area contributed by atoms with Gasteiger partial charge in [0.2, 0.25) is 0 Å². The third-order valence-corrected chi connectivity index (χ3v) is 3.05. The summed E-state index contributed by atoms with van der Waals surface area (Å²) >= 11 is 0. The summed E-state index contributed by atoms with van der Waals surface area (Å²) in [6.07, 6.45) is 7.62. The van der Waals surface area contributed by atoms with Crippen molar-refractivity contribution in [1.29, 1.82) is 0 Å². The molecule has 0 heterocycles. The predicted octanol–water partition coefficient (Wildman–Crippen LogP) is 3.28. The molecular formula is C17H26O4. The van der Waals surface area contributed by atoms with Crippen molar-refractivity contribution in [2.45, 2.75) is 53.6 Å². The molecule has 0 aliphatic heterocycles. The molecule has 1 atom stereocenters. The normalized spacial score (nSPS) is 15.3. The Hall–Kier alpha value is -1.68. The van der Waals surface area contributed by atoms with Gasteiger partial charge in [-0.2, -0.15) is 0 Å². The Morgan fingerprint density at radius 3 is 2.24 bits per heavy atom. The van der Waals surface area contributed by atoms with Gasteiger partial charge < -0.3 is 10.2 Å². The van der Waals surface area contributed by atoms with Crippen LogP contribution in [0, 0.1) is 5.41 Å². The smallest absolute Gasteiger partial charge is 0.339 e. The van der Waals surface area contributed by atoms with Crippen LogP contribution in [0.4, 0.5) is 0 Å². The fourth-order valence-electron chi connectivity index (χ4n) is 1.93. The number of carboxylic acid groups (broad SMARTS) is 1. The SMILES string of the molecule is CC/C=C/C=C/C(C)(C)C(=O)/C(C(=O)O)=C(\C)CC(C)O. The van der Waals surface area contributed by atoms with Gasteiger partial charge in [0.15, 0.2) is 5.78 Å². The molecule has 0 aliphatic rings. The van der Waals surface area contributed by atoms with Gasteiger partial charge in [-0.15, -0.1) is 0 Å². The molecule has 118 valence electrons. The van der Waals surface area contributed by atoms with Crippen LogP contribution < -0.4 is 0 Å². The van der Waals surface area contributed by atoms with E-state index < -0.39 is 23.3 Å². The molecular weight excluding hydrogens is 268 g/mol. The lowest BCUT2D eigenvalue weighted by molar-refractivity contribution is -0.135. The van der Waals surface area contributed by atoms with Crippen LogP contribution in [-0.2, 0) is 9.59 Å². The zero-order valence-electron chi connectivity index (χ0n) is 13.5. The quantitative estimate of drug-likeness (QED) is 0.312. The number of aliphatic hydroxyl groups excluding tert-OH is 1. The molecule has 1 unspecified atom stereocenters. The number of allylic oxidation sites excluding steroid dienone is 4. The molecule has 0 fully saturated rings. The number of carbonyl (C=O) groups excluding carboxylic acids is 1. The number of carbonyl (C=O) groups is 2. The van der Waals surface area contributed by atoms with Crippen molar-refractivity contribution in [3.05, 3.63) is 35.5 Å². The van der Waals surface area contributed by atoms with Gasteiger partial charge in [0, 0.05) is 5.41 Å². The molecule has 0 aromatic rings. The highest BCUT2D eigenvalue weighted by atomic mass is 16.4. The number of Topliss-reactive ketones (excluding diaryl/α,β-unsaturated/α-hetero) is 1. The van der Waals surface area contributed by atoms with Gasteiger partial charge in [-0.1, -0.05) is 36.8 Å². The maximum Gasteiger partial charge on any atom is 0.339 e. The standard InChI is InChI=1S/C17H26O4/c1-6-7-8-9-10-17(4,5)15(19)14(16(20)21)12(2)11-13(3)18/h7-10,13,18H,6,11H2,1-5H3,(H,20,21)/b8-7+,10-9+,14-12-. The second-order valence-electron chi connectivity index (χ2n) is 5.76. The third-order valence-electron chi connectivity index (χ3n) is 3.05. The van der Waals surface area contributed by atoms with Gasteiger partial charge in [0.05, 0.1) is 6.10 Å². The van der Waals surface area contributed by atoms with Crippen molar-refractivity contribution in [3.63, 3.8) is 0 Å². The van der Waals surface area contributed by atoms with Crippen LogP contribution in [0.2, 0.25) is 0 Å². The molecule has 4 heteroatoms. The van der Waals surface area contributed by atoms with E-state index in [1.54, 1.807) is 39.8 Å². The van der Waals surface area contributed by atoms with Crippen LogP contribution in [0.15, 0.2) is 35.5 Å². The molecule has 4 nitrogen and oxygen atoms in total. The van der Waals surface area contributed by atoms with Crippen molar-refractivity contribution in [2.75, 3.05) is 0 Å². The summed E-state index contributed by atoms with van der Waals surface area (Å²) in [5.41, 5.74) is -0.746. The fraction of sp³-hybridized carbons (Fsp3) is 0.529. The van der Waals surface area contributed by atoms with E-state index in [4.69, 9.17) is 0 Å². The van der Waals surface area contributed by atoms with Gasteiger partial charge in [0.1, 0.15) is 5.57 Å². The molecule has 0 aromatic heterocycles. The van der Waals surface area contributed by atoms with Gasteiger partial charge in [0.25, 0.3) is 0 Å². The van der Waals surface area contributed by atoms with Crippen molar-refractivity contribution < 1.29 is 19.8 Å². The van der Waals surface area contributed by atoms with Crippen molar-refractivity contribution in [1.82, 2.24) is 0 Å². The monoisotopic (exact) mass is 294 g/mol. The van der Waals surface area contributed by atoms with Crippen LogP contribution >= 0.6 is 0 Å². The second kappa shape index (κ2) is 8.57. The lowest BCUT2D eigenvalue weighted by atomic mass is 9.81. The summed E-state index contributed by atoms with van der Waals surface area (Å²) in [6, 6.07) is 0. The molecule has 2 N–H and O–H groups in total. The molecule has 0 radical (unpaired) electrons. The van der Waals surface area contributed by atoms with Gasteiger partial charge in [-0.05, 0) is 40.5 Å².